The van der Waals surface area contributed by atoms with Crippen LogP contribution in [0.25, 0.3) is 0 Å². The zero-order chi connectivity index (χ0) is 12.5. The summed E-state index contributed by atoms with van der Waals surface area (Å²) in [5, 5.41) is 5.92. The van der Waals surface area contributed by atoms with E-state index in [2.05, 4.69) is 27.1 Å². The van der Waals surface area contributed by atoms with Gasteiger partial charge in [-0.2, -0.15) is 0 Å². The summed E-state index contributed by atoms with van der Waals surface area (Å²) < 4.78 is 2.11. The molecule has 0 aromatic carbocycles. The Morgan fingerprint density at radius 1 is 1.41 bits per heavy atom. The molecule has 1 aromatic rings. The molecule has 0 radical (unpaired) electrons. The summed E-state index contributed by atoms with van der Waals surface area (Å²) in [4.78, 5) is 15.6. The highest BCUT2D eigenvalue weighted by Gasteiger charge is 2.03. The van der Waals surface area contributed by atoms with Crippen molar-refractivity contribution in [3.63, 3.8) is 0 Å². The van der Waals surface area contributed by atoms with Gasteiger partial charge in [0.25, 0.3) is 0 Å². The van der Waals surface area contributed by atoms with Crippen LogP contribution in [0.4, 0.5) is 0 Å². The molecule has 0 fully saturated rings. The number of rotatable bonds is 8. The van der Waals surface area contributed by atoms with Gasteiger partial charge < -0.3 is 15.2 Å². The molecule has 5 nitrogen and oxygen atoms in total. The van der Waals surface area contributed by atoms with Crippen LogP contribution in [-0.2, 0) is 17.9 Å². The molecule has 0 bridgehead atoms. The first-order valence-corrected chi connectivity index (χ1v) is 6.25. The topological polar surface area (TPSA) is 59.0 Å². The Balaban J connectivity index is 2.25. The maximum atomic E-state index is 11.3. The number of hydrogen-bond donors (Lipinski definition) is 2. The molecule has 17 heavy (non-hydrogen) atoms. The summed E-state index contributed by atoms with van der Waals surface area (Å²) in [5.41, 5.74) is 0. The van der Waals surface area contributed by atoms with Crippen LogP contribution in [0.1, 0.15) is 32.5 Å². The van der Waals surface area contributed by atoms with E-state index in [0.717, 1.165) is 31.8 Å². The maximum absolute atomic E-state index is 11.3. The van der Waals surface area contributed by atoms with Gasteiger partial charge in [-0.15, -0.1) is 0 Å². The van der Waals surface area contributed by atoms with Crippen LogP contribution in [0.5, 0.6) is 0 Å². The minimum absolute atomic E-state index is 0.0421. The van der Waals surface area contributed by atoms with Crippen molar-refractivity contribution in [2.45, 2.75) is 39.8 Å². The summed E-state index contributed by atoms with van der Waals surface area (Å²) in [7, 11) is 0. The molecule has 1 aromatic heterocycles. The second-order valence-electron chi connectivity index (χ2n) is 3.99. The molecule has 0 spiro atoms. The molecule has 0 aliphatic heterocycles. The number of nitrogens with zero attached hydrogens (tertiary/aromatic N) is 2. The standard InChI is InChI=1S/C12H22N4O/c1-3-5-15-12(17)10-13-9-11-14-6-8-16(11)7-4-2/h6,8,13H,3-5,7,9-10H2,1-2H3,(H,15,17). The number of imidazole rings is 1. The summed E-state index contributed by atoms with van der Waals surface area (Å²) in [6, 6.07) is 0. The molecular weight excluding hydrogens is 216 g/mol. The van der Waals surface area contributed by atoms with Crippen molar-refractivity contribution in [1.82, 2.24) is 20.2 Å². The number of carbonyl (C=O) groups is 1. The highest BCUT2D eigenvalue weighted by atomic mass is 16.1. The van der Waals surface area contributed by atoms with Crippen LogP contribution in [0, 0.1) is 0 Å². The van der Waals surface area contributed by atoms with E-state index >= 15 is 0 Å². The number of aromatic nitrogens is 2. The average Bonchev–Trinajstić information content (AvgIpc) is 2.75. The number of carbonyl (C=O) groups excluding carboxylic acids is 1. The van der Waals surface area contributed by atoms with Gasteiger partial charge in [0.15, 0.2) is 0 Å². The minimum atomic E-state index is 0.0421. The SMILES string of the molecule is CCCNC(=O)CNCc1nccn1CCC. The van der Waals surface area contributed by atoms with Gasteiger partial charge in [-0.3, -0.25) is 4.79 Å². The summed E-state index contributed by atoms with van der Waals surface area (Å²) in [6.45, 7) is 6.86. The van der Waals surface area contributed by atoms with Crippen LogP contribution in [-0.4, -0.2) is 28.5 Å². The van der Waals surface area contributed by atoms with Crippen LogP contribution >= 0.6 is 0 Å². The molecule has 1 amide bonds. The lowest BCUT2D eigenvalue weighted by Gasteiger charge is -2.08. The van der Waals surface area contributed by atoms with E-state index in [0.29, 0.717) is 13.1 Å². The van der Waals surface area contributed by atoms with E-state index < -0.39 is 0 Å². The van der Waals surface area contributed by atoms with E-state index in [-0.39, 0.29) is 5.91 Å². The fourth-order valence-corrected chi connectivity index (χ4v) is 1.57. The zero-order valence-electron chi connectivity index (χ0n) is 10.7. The van der Waals surface area contributed by atoms with E-state index in [1.807, 2.05) is 13.1 Å². The Kier molecular flexibility index (Phi) is 6.32. The van der Waals surface area contributed by atoms with Crippen LogP contribution in [0.2, 0.25) is 0 Å². The van der Waals surface area contributed by atoms with Crippen molar-refractivity contribution < 1.29 is 4.79 Å². The molecule has 0 unspecified atom stereocenters. The van der Waals surface area contributed by atoms with E-state index in [9.17, 15) is 4.79 Å². The Morgan fingerprint density at radius 3 is 2.94 bits per heavy atom. The van der Waals surface area contributed by atoms with Gasteiger partial charge in [-0.25, -0.2) is 4.98 Å². The molecule has 1 rings (SSSR count). The van der Waals surface area contributed by atoms with Crippen molar-refractivity contribution in [3.8, 4) is 0 Å². The summed E-state index contributed by atoms with van der Waals surface area (Å²) >= 11 is 0. The quantitative estimate of drug-likeness (QED) is 0.707. The van der Waals surface area contributed by atoms with E-state index in [1.165, 1.54) is 0 Å². The second kappa shape index (κ2) is 7.84. The predicted molar refractivity (Wildman–Crippen MR) is 67.5 cm³/mol. The zero-order valence-corrected chi connectivity index (χ0v) is 10.7. The Bertz CT molecular complexity index is 335. The van der Waals surface area contributed by atoms with E-state index in [4.69, 9.17) is 0 Å². The molecule has 5 heteroatoms. The Labute approximate surface area is 103 Å². The van der Waals surface area contributed by atoms with Gasteiger partial charge in [0, 0.05) is 25.5 Å². The minimum Gasteiger partial charge on any atom is -0.355 e. The van der Waals surface area contributed by atoms with E-state index in [1.54, 1.807) is 6.20 Å². The molecule has 0 aliphatic rings. The molecule has 0 saturated carbocycles. The van der Waals surface area contributed by atoms with Gasteiger partial charge in [0.1, 0.15) is 5.82 Å². The number of nitrogens with one attached hydrogen (secondary N) is 2. The van der Waals surface area contributed by atoms with Crippen LogP contribution in [0.15, 0.2) is 12.4 Å². The van der Waals surface area contributed by atoms with Crippen molar-refractivity contribution >= 4 is 5.91 Å². The third-order valence-electron chi connectivity index (χ3n) is 2.41. The third kappa shape index (κ3) is 4.99. The van der Waals surface area contributed by atoms with Gasteiger partial charge in [0.05, 0.1) is 13.1 Å². The highest BCUT2D eigenvalue weighted by molar-refractivity contribution is 5.77. The molecular formula is C12H22N4O. The first kappa shape index (κ1) is 13.7. The molecule has 0 aliphatic carbocycles. The fraction of sp³-hybridized carbons (Fsp3) is 0.667. The molecule has 0 saturated heterocycles. The molecule has 1 heterocycles. The van der Waals surface area contributed by atoms with Crippen molar-refractivity contribution in [3.05, 3.63) is 18.2 Å². The highest BCUT2D eigenvalue weighted by Crippen LogP contribution is 1.98. The number of amides is 1. The number of aryl methyl sites for hydroxylation is 1. The third-order valence-corrected chi connectivity index (χ3v) is 2.41. The number of hydrogen-bond acceptors (Lipinski definition) is 3. The predicted octanol–water partition coefficient (Wildman–Crippen LogP) is 0.909. The fourth-order valence-electron chi connectivity index (χ4n) is 1.57. The van der Waals surface area contributed by atoms with Crippen LogP contribution < -0.4 is 10.6 Å². The first-order chi connectivity index (χ1) is 8.27. The van der Waals surface area contributed by atoms with Gasteiger partial charge >= 0.3 is 0 Å². The first-order valence-electron chi connectivity index (χ1n) is 6.25. The lowest BCUT2D eigenvalue weighted by Crippen LogP contribution is -2.34. The van der Waals surface area contributed by atoms with Gasteiger partial charge in [-0.1, -0.05) is 13.8 Å². The Hall–Kier alpha value is -1.36. The van der Waals surface area contributed by atoms with Gasteiger partial charge in [-0.05, 0) is 12.8 Å². The lowest BCUT2D eigenvalue weighted by molar-refractivity contribution is -0.120. The Morgan fingerprint density at radius 2 is 2.24 bits per heavy atom. The van der Waals surface area contributed by atoms with Crippen molar-refractivity contribution in [1.29, 1.82) is 0 Å². The normalized spacial score (nSPS) is 10.5. The smallest absolute Gasteiger partial charge is 0.233 e. The van der Waals surface area contributed by atoms with Gasteiger partial charge in [0.2, 0.25) is 5.91 Å². The second-order valence-corrected chi connectivity index (χ2v) is 3.99. The molecule has 96 valence electrons. The van der Waals surface area contributed by atoms with Crippen molar-refractivity contribution in [2.24, 2.45) is 0 Å². The summed E-state index contributed by atoms with van der Waals surface area (Å²) in [5.74, 6) is 1.02. The molecule has 2 N–H and O–H groups in total. The van der Waals surface area contributed by atoms with Crippen LogP contribution in [0.3, 0.4) is 0 Å². The largest absolute Gasteiger partial charge is 0.355 e. The maximum Gasteiger partial charge on any atom is 0.233 e. The lowest BCUT2D eigenvalue weighted by atomic mass is 10.4. The summed E-state index contributed by atoms with van der Waals surface area (Å²) in [6.07, 6.45) is 5.81. The van der Waals surface area contributed by atoms with Crippen molar-refractivity contribution in [2.75, 3.05) is 13.1 Å². The monoisotopic (exact) mass is 238 g/mol. The molecule has 0 atom stereocenters. The average molecular weight is 238 g/mol.